The number of aromatic nitrogens is 3. The van der Waals surface area contributed by atoms with Crippen molar-refractivity contribution in [3.63, 3.8) is 0 Å². The second kappa shape index (κ2) is 8.12. The zero-order valence-corrected chi connectivity index (χ0v) is 18.4. The van der Waals surface area contributed by atoms with Gasteiger partial charge in [0.25, 0.3) is 0 Å². The van der Waals surface area contributed by atoms with Gasteiger partial charge in [0.05, 0.1) is 0 Å². The topological polar surface area (TPSA) is 38.7 Å². The van der Waals surface area contributed by atoms with Crippen molar-refractivity contribution < 1.29 is 0 Å². The third kappa shape index (κ3) is 3.53. The summed E-state index contributed by atoms with van der Waals surface area (Å²) in [6.45, 7) is 0. The van der Waals surface area contributed by atoms with E-state index >= 15 is 0 Å². The van der Waals surface area contributed by atoms with Crippen molar-refractivity contribution in [1.29, 1.82) is 0 Å². The molecule has 33 heavy (non-hydrogen) atoms. The standard InChI is InChI=1S/C29H18ClN3/c30-29-32-27(20-10-2-1-3-11-20)31-28(33-29)26-18-17-25(23-14-6-7-15-24(23)26)22-16-8-12-19-9-4-5-13-21(19)22/h1-18H. The van der Waals surface area contributed by atoms with Crippen LogP contribution in [0.2, 0.25) is 5.28 Å². The van der Waals surface area contributed by atoms with E-state index in [1.54, 1.807) is 0 Å². The van der Waals surface area contributed by atoms with E-state index in [4.69, 9.17) is 16.6 Å². The molecule has 0 aliphatic rings. The summed E-state index contributed by atoms with van der Waals surface area (Å²) >= 11 is 6.33. The van der Waals surface area contributed by atoms with Crippen molar-refractivity contribution in [3.05, 3.63) is 114 Å². The minimum atomic E-state index is 0.182. The number of rotatable bonds is 3. The maximum absolute atomic E-state index is 6.33. The second-order valence-corrected chi connectivity index (χ2v) is 8.19. The normalized spacial score (nSPS) is 11.2. The van der Waals surface area contributed by atoms with E-state index in [1.807, 2.05) is 36.4 Å². The predicted molar refractivity (Wildman–Crippen MR) is 136 cm³/mol. The smallest absolute Gasteiger partial charge is 0.208 e. The summed E-state index contributed by atoms with van der Waals surface area (Å²) in [5.41, 5.74) is 4.21. The van der Waals surface area contributed by atoms with Gasteiger partial charge in [-0.1, -0.05) is 103 Å². The van der Waals surface area contributed by atoms with Crippen LogP contribution in [0, 0.1) is 0 Å². The molecule has 0 saturated heterocycles. The van der Waals surface area contributed by atoms with Gasteiger partial charge < -0.3 is 0 Å². The van der Waals surface area contributed by atoms with Crippen LogP contribution in [0.5, 0.6) is 0 Å². The Morgan fingerprint density at radius 3 is 1.82 bits per heavy atom. The highest BCUT2D eigenvalue weighted by atomic mass is 35.5. The van der Waals surface area contributed by atoms with Crippen molar-refractivity contribution in [3.8, 4) is 33.9 Å². The molecule has 4 heteroatoms. The molecule has 0 N–H and O–H groups in total. The number of hydrogen-bond acceptors (Lipinski definition) is 3. The van der Waals surface area contributed by atoms with Crippen LogP contribution in [0.15, 0.2) is 109 Å². The largest absolute Gasteiger partial charge is 0.226 e. The molecule has 0 saturated carbocycles. The maximum Gasteiger partial charge on any atom is 0.226 e. The zero-order valence-electron chi connectivity index (χ0n) is 17.6. The highest BCUT2D eigenvalue weighted by Crippen LogP contribution is 2.37. The Labute approximate surface area is 196 Å². The Morgan fingerprint density at radius 1 is 0.424 bits per heavy atom. The molecule has 5 aromatic carbocycles. The number of hydrogen-bond donors (Lipinski definition) is 0. The lowest BCUT2D eigenvalue weighted by molar-refractivity contribution is 1.07. The number of benzene rings is 5. The Balaban J connectivity index is 1.58. The molecule has 1 aromatic heterocycles. The predicted octanol–water partition coefficient (Wildman–Crippen LogP) is 7.83. The summed E-state index contributed by atoms with van der Waals surface area (Å²) in [6.07, 6.45) is 0. The Bertz CT molecular complexity index is 1620. The van der Waals surface area contributed by atoms with Gasteiger partial charge >= 0.3 is 0 Å². The molecule has 1 heterocycles. The van der Waals surface area contributed by atoms with Gasteiger partial charge in [-0.05, 0) is 50.3 Å². The Hall–Kier alpha value is -4.08. The van der Waals surface area contributed by atoms with Gasteiger partial charge in [-0.3, -0.25) is 0 Å². The maximum atomic E-state index is 6.33. The van der Waals surface area contributed by atoms with Crippen LogP contribution in [0.3, 0.4) is 0 Å². The van der Waals surface area contributed by atoms with E-state index in [-0.39, 0.29) is 5.28 Å². The minimum absolute atomic E-state index is 0.182. The first-order valence-electron chi connectivity index (χ1n) is 10.8. The van der Waals surface area contributed by atoms with Crippen LogP contribution in [0.25, 0.3) is 55.4 Å². The summed E-state index contributed by atoms with van der Waals surface area (Å²) in [4.78, 5) is 13.6. The first-order valence-corrected chi connectivity index (χ1v) is 11.1. The quantitative estimate of drug-likeness (QED) is 0.279. The summed E-state index contributed by atoms with van der Waals surface area (Å²) in [5, 5.41) is 4.85. The lowest BCUT2D eigenvalue weighted by atomic mass is 9.92. The molecule has 6 aromatic rings. The van der Waals surface area contributed by atoms with E-state index < -0.39 is 0 Å². The molecule has 0 aliphatic carbocycles. The highest BCUT2D eigenvalue weighted by molar-refractivity contribution is 6.28. The van der Waals surface area contributed by atoms with Gasteiger partial charge in [0.1, 0.15) is 0 Å². The first-order chi connectivity index (χ1) is 16.3. The monoisotopic (exact) mass is 443 g/mol. The van der Waals surface area contributed by atoms with E-state index in [2.05, 4.69) is 82.8 Å². The molecule has 0 aliphatic heterocycles. The first kappa shape index (κ1) is 19.6. The lowest BCUT2D eigenvalue weighted by Gasteiger charge is -2.13. The molecular weight excluding hydrogens is 426 g/mol. The van der Waals surface area contributed by atoms with Crippen molar-refractivity contribution in [2.75, 3.05) is 0 Å². The Morgan fingerprint density at radius 2 is 1.00 bits per heavy atom. The van der Waals surface area contributed by atoms with Gasteiger partial charge in [0, 0.05) is 11.1 Å². The SMILES string of the molecule is Clc1nc(-c2ccccc2)nc(-c2ccc(-c3cccc4ccccc34)c3ccccc23)n1. The second-order valence-electron chi connectivity index (χ2n) is 7.85. The van der Waals surface area contributed by atoms with Crippen molar-refractivity contribution in [1.82, 2.24) is 15.0 Å². The van der Waals surface area contributed by atoms with E-state index in [1.165, 1.54) is 21.9 Å². The van der Waals surface area contributed by atoms with Crippen LogP contribution in [-0.2, 0) is 0 Å². The lowest BCUT2D eigenvalue weighted by Crippen LogP contribution is -1.98. The fourth-order valence-electron chi connectivity index (χ4n) is 4.38. The average molecular weight is 444 g/mol. The molecule has 0 unspecified atom stereocenters. The van der Waals surface area contributed by atoms with Gasteiger partial charge in [-0.15, -0.1) is 0 Å². The number of halogens is 1. The summed E-state index contributed by atoms with van der Waals surface area (Å²) < 4.78 is 0. The van der Waals surface area contributed by atoms with Crippen LogP contribution in [-0.4, -0.2) is 15.0 Å². The van der Waals surface area contributed by atoms with Crippen LogP contribution >= 0.6 is 11.6 Å². The van der Waals surface area contributed by atoms with Crippen LogP contribution in [0.1, 0.15) is 0 Å². The van der Waals surface area contributed by atoms with Gasteiger partial charge in [0.15, 0.2) is 11.6 Å². The van der Waals surface area contributed by atoms with Gasteiger partial charge in [-0.2, -0.15) is 9.97 Å². The van der Waals surface area contributed by atoms with Gasteiger partial charge in [-0.25, -0.2) is 4.98 Å². The summed E-state index contributed by atoms with van der Waals surface area (Å²) in [7, 11) is 0. The van der Waals surface area contributed by atoms with Gasteiger partial charge in [0.2, 0.25) is 5.28 Å². The zero-order chi connectivity index (χ0) is 22.2. The molecule has 0 amide bonds. The van der Waals surface area contributed by atoms with Crippen LogP contribution in [0.4, 0.5) is 0 Å². The van der Waals surface area contributed by atoms with Crippen LogP contribution < -0.4 is 0 Å². The number of nitrogens with zero attached hydrogens (tertiary/aromatic N) is 3. The molecular formula is C29H18ClN3. The third-order valence-electron chi connectivity index (χ3n) is 5.88. The fraction of sp³-hybridized carbons (Fsp3) is 0. The highest BCUT2D eigenvalue weighted by Gasteiger charge is 2.15. The van der Waals surface area contributed by atoms with Crippen molar-refractivity contribution in [2.24, 2.45) is 0 Å². The average Bonchev–Trinajstić information content (AvgIpc) is 2.88. The van der Waals surface area contributed by atoms with Crippen molar-refractivity contribution in [2.45, 2.75) is 0 Å². The van der Waals surface area contributed by atoms with Crippen molar-refractivity contribution >= 4 is 33.1 Å². The fourth-order valence-corrected chi connectivity index (χ4v) is 4.54. The summed E-state index contributed by atoms with van der Waals surface area (Å²) in [5.74, 6) is 1.13. The molecule has 156 valence electrons. The van der Waals surface area contributed by atoms with E-state index in [9.17, 15) is 0 Å². The molecule has 0 spiro atoms. The molecule has 6 rings (SSSR count). The third-order valence-corrected chi connectivity index (χ3v) is 6.05. The Kier molecular flexibility index (Phi) is 4.82. The molecule has 3 nitrogen and oxygen atoms in total. The molecule has 0 fully saturated rings. The molecule has 0 bridgehead atoms. The van der Waals surface area contributed by atoms with E-state index in [0.29, 0.717) is 11.6 Å². The molecule has 0 atom stereocenters. The molecule has 0 radical (unpaired) electrons. The summed E-state index contributed by atoms with van der Waals surface area (Å²) in [6, 6.07) is 37.3. The minimum Gasteiger partial charge on any atom is -0.208 e. The number of fused-ring (bicyclic) bond motifs is 2. The van der Waals surface area contributed by atoms with E-state index in [0.717, 1.165) is 21.9 Å².